The normalized spacial score (nSPS) is 14.8. The van der Waals surface area contributed by atoms with E-state index < -0.39 is 0 Å². The van der Waals surface area contributed by atoms with E-state index in [1.54, 1.807) is 29.6 Å². The largest absolute Gasteiger partial charge is 0.474 e. The van der Waals surface area contributed by atoms with Crippen molar-refractivity contribution >= 4 is 38.8 Å². The molecule has 24 heavy (non-hydrogen) atoms. The van der Waals surface area contributed by atoms with Crippen LogP contribution in [0.4, 0.5) is 0 Å². The molecule has 0 unspecified atom stereocenters. The van der Waals surface area contributed by atoms with Crippen LogP contribution in [0.2, 0.25) is 0 Å². The zero-order valence-corrected chi connectivity index (χ0v) is 15.0. The summed E-state index contributed by atoms with van der Waals surface area (Å²) in [5.41, 5.74) is 3.72. The van der Waals surface area contributed by atoms with Crippen LogP contribution in [0.15, 0.2) is 29.4 Å². The summed E-state index contributed by atoms with van der Waals surface area (Å²) >= 11 is 3.55. The number of thiophene rings is 1. The molecule has 1 aliphatic rings. The number of benzene rings is 1. The maximum Gasteiger partial charge on any atom is 0.202 e. The summed E-state index contributed by atoms with van der Waals surface area (Å²) in [6.45, 7) is 4.18. The van der Waals surface area contributed by atoms with E-state index in [1.807, 2.05) is 6.07 Å². The number of nitrogens with two attached hydrogens (primary N) is 1. The van der Waals surface area contributed by atoms with Gasteiger partial charge in [0.15, 0.2) is 0 Å². The molecule has 0 radical (unpaired) electrons. The Morgan fingerprint density at radius 1 is 1.38 bits per heavy atom. The Kier molecular flexibility index (Phi) is 4.22. The van der Waals surface area contributed by atoms with Gasteiger partial charge in [0.1, 0.15) is 11.6 Å². The van der Waals surface area contributed by atoms with Crippen LogP contribution < -0.4 is 11.2 Å². The minimum Gasteiger partial charge on any atom is -0.474 e. The van der Waals surface area contributed by atoms with Gasteiger partial charge in [0.05, 0.1) is 15.1 Å². The Labute approximate surface area is 148 Å². The number of hydrazone groups is 1. The summed E-state index contributed by atoms with van der Waals surface area (Å²) in [7, 11) is 0. The quantitative estimate of drug-likeness (QED) is 0.325. The SMILES string of the molecule is CC(=NN)OCc1sc2c(c1-c1nc3ccccc3s1)CCNC2. The molecule has 0 atom stereocenters. The third-order valence-corrected chi connectivity index (χ3v) is 6.36. The predicted octanol–water partition coefficient (Wildman–Crippen LogP) is 3.48. The molecule has 0 bridgehead atoms. The molecule has 0 fully saturated rings. The lowest BCUT2D eigenvalue weighted by atomic mass is 10.0. The Balaban J connectivity index is 1.80. The monoisotopic (exact) mass is 358 g/mol. The Hall–Kier alpha value is -1.96. The van der Waals surface area contributed by atoms with Crippen molar-refractivity contribution in [3.8, 4) is 10.6 Å². The topological polar surface area (TPSA) is 72.5 Å². The van der Waals surface area contributed by atoms with Gasteiger partial charge in [-0.2, -0.15) is 0 Å². The number of hydrogen-bond donors (Lipinski definition) is 2. The van der Waals surface area contributed by atoms with E-state index in [9.17, 15) is 0 Å². The second-order valence-electron chi connectivity index (χ2n) is 5.65. The van der Waals surface area contributed by atoms with Crippen LogP contribution in [0.25, 0.3) is 20.8 Å². The first-order valence-electron chi connectivity index (χ1n) is 7.83. The number of hydrogen-bond acceptors (Lipinski definition) is 7. The van der Waals surface area contributed by atoms with E-state index >= 15 is 0 Å². The highest BCUT2D eigenvalue weighted by Crippen LogP contribution is 2.41. The molecule has 3 heterocycles. The van der Waals surface area contributed by atoms with Gasteiger partial charge in [0.25, 0.3) is 0 Å². The van der Waals surface area contributed by atoms with Crippen molar-refractivity contribution in [3.05, 3.63) is 39.6 Å². The summed E-state index contributed by atoms with van der Waals surface area (Å²) in [4.78, 5) is 7.45. The molecule has 7 heteroatoms. The molecule has 0 spiro atoms. The maximum absolute atomic E-state index is 5.68. The molecule has 124 valence electrons. The van der Waals surface area contributed by atoms with Gasteiger partial charge in [-0.1, -0.05) is 12.1 Å². The molecule has 1 aromatic carbocycles. The van der Waals surface area contributed by atoms with Crippen molar-refractivity contribution in [2.75, 3.05) is 6.54 Å². The number of rotatable bonds is 3. The number of aromatic nitrogens is 1. The Bertz CT molecular complexity index is 880. The first kappa shape index (κ1) is 15.6. The van der Waals surface area contributed by atoms with Crippen LogP contribution >= 0.6 is 22.7 Å². The molecule has 3 aromatic rings. The van der Waals surface area contributed by atoms with Crippen LogP contribution in [0.3, 0.4) is 0 Å². The van der Waals surface area contributed by atoms with E-state index in [1.165, 1.54) is 25.6 Å². The lowest BCUT2D eigenvalue weighted by molar-refractivity contribution is 0.292. The highest BCUT2D eigenvalue weighted by molar-refractivity contribution is 7.22. The third-order valence-electron chi connectivity index (χ3n) is 4.10. The van der Waals surface area contributed by atoms with Gasteiger partial charge in [-0.3, -0.25) is 0 Å². The fourth-order valence-corrected chi connectivity index (χ4v) is 5.30. The summed E-state index contributed by atoms with van der Waals surface area (Å²) in [5.74, 6) is 5.77. The van der Waals surface area contributed by atoms with Gasteiger partial charge in [0.2, 0.25) is 5.90 Å². The maximum atomic E-state index is 5.68. The van der Waals surface area contributed by atoms with Gasteiger partial charge in [-0.05, 0) is 30.7 Å². The van der Waals surface area contributed by atoms with E-state index in [0.29, 0.717) is 12.5 Å². The molecule has 2 aromatic heterocycles. The van der Waals surface area contributed by atoms with Crippen molar-refractivity contribution < 1.29 is 4.74 Å². The highest BCUT2D eigenvalue weighted by Gasteiger charge is 2.24. The number of para-hydroxylation sites is 1. The fourth-order valence-electron chi connectivity index (χ4n) is 2.93. The van der Waals surface area contributed by atoms with Gasteiger partial charge < -0.3 is 15.9 Å². The zero-order chi connectivity index (χ0) is 16.5. The molecule has 5 nitrogen and oxygen atoms in total. The van der Waals surface area contributed by atoms with Crippen molar-refractivity contribution in [1.29, 1.82) is 0 Å². The van der Waals surface area contributed by atoms with Gasteiger partial charge in [-0.25, -0.2) is 4.98 Å². The average Bonchev–Trinajstić information content (AvgIpc) is 3.19. The molecule has 3 N–H and O–H groups in total. The van der Waals surface area contributed by atoms with Gasteiger partial charge >= 0.3 is 0 Å². The number of nitrogens with one attached hydrogen (secondary N) is 1. The van der Waals surface area contributed by atoms with Gasteiger partial charge in [0, 0.05) is 23.9 Å². The van der Waals surface area contributed by atoms with Crippen LogP contribution in [0.1, 0.15) is 22.2 Å². The average molecular weight is 358 g/mol. The summed E-state index contributed by atoms with van der Waals surface area (Å²) in [6.07, 6.45) is 1.03. The molecular formula is C17H18N4OS2. The molecule has 0 amide bonds. The molecule has 0 aliphatic carbocycles. The standard InChI is InChI=1S/C17H18N4OS2/c1-10(21-18)22-9-15-16(11-6-7-19-8-14(11)23-15)17-20-12-4-2-3-5-13(12)24-17/h2-5,19H,6-9,18H2,1H3. The molecule has 0 saturated heterocycles. The van der Waals surface area contributed by atoms with E-state index in [2.05, 4.69) is 28.6 Å². The van der Waals surface area contributed by atoms with E-state index in [4.69, 9.17) is 15.6 Å². The molecule has 1 aliphatic heterocycles. The Morgan fingerprint density at radius 2 is 2.25 bits per heavy atom. The van der Waals surface area contributed by atoms with Crippen LogP contribution in [-0.4, -0.2) is 17.4 Å². The minimum absolute atomic E-state index is 0.482. The molecular weight excluding hydrogens is 340 g/mol. The zero-order valence-electron chi connectivity index (χ0n) is 13.3. The van der Waals surface area contributed by atoms with E-state index in [0.717, 1.165) is 30.0 Å². The van der Waals surface area contributed by atoms with Crippen molar-refractivity contribution in [1.82, 2.24) is 10.3 Å². The predicted molar refractivity (Wildman–Crippen MR) is 100 cm³/mol. The van der Waals surface area contributed by atoms with Crippen molar-refractivity contribution in [2.45, 2.75) is 26.5 Å². The first-order chi connectivity index (χ1) is 11.8. The van der Waals surface area contributed by atoms with Crippen LogP contribution in [0.5, 0.6) is 0 Å². The lowest BCUT2D eigenvalue weighted by Gasteiger charge is -2.13. The van der Waals surface area contributed by atoms with Crippen LogP contribution in [0, 0.1) is 0 Å². The molecule has 0 saturated carbocycles. The number of ether oxygens (including phenoxy) is 1. The summed E-state index contributed by atoms with van der Waals surface area (Å²) < 4.78 is 6.90. The minimum atomic E-state index is 0.482. The second kappa shape index (κ2) is 6.51. The smallest absolute Gasteiger partial charge is 0.202 e. The van der Waals surface area contributed by atoms with Crippen molar-refractivity contribution in [2.24, 2.45) is 10.9 Å². The third kappa shape index (κ3) is 2.79. The summed E-state index contributed by atoms with van der Waals surface area (Å²) in [5, 5.41) is 8.12. The van der Waals surface area contributed by atoms with Crippen molar-refractivity contribution in [3.63, 3.8) is 0 Å². The number of nitrogens with zero attached hydrogens (tertiary/aromatic N) is 2. The molecule has 4 rings (SSSR count). The highest BCUT2D eigenvalue weighted by atomic mass is 32.1. The number of thiazole rings is 1. The lowest BCUT2D eigenvalue weighted by Crippen LogP contribution is -2.22. The Morgan fingerprint density at radius 3 is 3.08 bits per heavy atom. The summed E-state index contributed by atoms with van der Waals surface area (Å²) in [6, 6.07) is 8.28. The van der Waals surface area contributed by atoms with E-state index in [-0.39, 0.29) is 0 Å². The van der Waals surface area contributed by atoms with Crippen LogP contribution in [-0.2, 0) is 24.3 Å². The first-order valence-corrected chi connectivity index (χ1v) is 9.47. The fraction of sp³-hybridized carbons (Fsp3) is 0.294. The van der Waals surface area contributed by atoms with Gasteiger partial charge in [-0.15, -0.1) is 27.8 Å². The second-order valence-corrected chi connectivity index (χ2v) is 7.87. The number of fused-ring (bicyclic) bond motifs is 2.